The second-order valence-electron chi connectivity index (χ2n) is 7.41. The molecule has 3 rings (SSSR count). The number of rotatable bonds is 7. The van der Waals surface area contributed by atoms with Crippen molar-refractivity contribution in [3.63, 3.8) is 0 Å². The monoisotopic (exact) mass is 464 g/mol. The van der Waals surface area contributed by atoms with Crippen LogP contribution >= 0.6 is 22.9 Å². The third-order valence-electron chi connectivity index (χ3n) is 5.12. The van der Waals surface area contributed by atoms with E-state index in [1.165, 1.54) is 23.6 Å². The van der Waals surface area contributed by atoms with Gasteiger partial charge in [-0.1, -0.05) is 25.4 Å². The van der Waals surface area contributed by atoms with Crippen molar-refractivity contribution in [3.8, 4) is 0 Å². The Bertz CT molecular complexity index is 990. The number of thiophene rings is 1. The number of nitrogens with one attached hydrogen (secondary N) is 1. The summed E-state index contributed by atoms with van der Waals surface area (Å²) in [6.07, 6.45) is 3.27. The Morgan fingerprint density at radius 2 is 2.10 bits per heavy atom. The van der Waals surface area contributed by atoms with Gasteiger partial charge in [0.2, 0.25) is 0 Å². The molecular weight excluding hydrogens is 440 g/mol. The number of anilines is 1. The first-order valence-corrected chi connectivity index (χ1v) is 11.5. The number of halogens is 1. The van der Waals surface area contributed by atoms with Crippen molar-refractivity contribution in [2.75, 3.05) is 11.9 Å². The number of aromatic nitrogens is 1. The van der Waals surface area contributed by atoms with Gasteiger partial charge in [0.25, 0.3) is 5.91 Å². The van der Waals surface area contributed by atoms with Crippen LogP contribution in [0.25, 0.3) is 0 Å². The van der Waals surface area contributed by atoms with Crippen LogP contribution in [0, 0.1) is 5.92 Å². The number of pyridine rings is 1. The zero-order valence-electron chi connectivity index (χ0n) is 17.7. The molecule has 1 N–H and O–H groups in total. The third-order valence-corrected chi connectivity index (χ3v) is 6.59. The van der Waals surface area contributed by atoms with Gasteiger partial charge >= 0.3 is 11.9 Å². The van der Waals surface area contributed by atoms with Crippen LogP contribution in [0.15, 0.2) is 18.3 Å². The van der Waals surface area contributed by atoms with Gasteiger partial charge in [0, 0.05) is 11.1 Å². The molecule has 1 aliphatic carbocycles. The molecule has 1 amide bonds. The SMILES string of the molecule is CCOC(=O)c1c(NC(=O)C(CC)OC(=O)c2cccnc2Cl)sc2c1CCC(C)C2. The summed E-state index contributed by atoms with van der Waals surface area (Å²) in [5.41, 5.74) is 1.45. The second-order valence-corrected chi connectivity index (χ2v) is 8.87. The first-order valence-electron chi connectivity index (χ1n) is 10.3. The normalized spacial score (nSPS) is 16.2. The second kappa shape index (κ2) is 10.2. The fourth-order valence-corrected chi connectivity index (χ4v) is 5.10. The molecule has 0 aliphatic heterocycles. The van der Waals surface area contributed by atoms with Crippen LogP contribution in [0.5, 0.6) is 0 Å². The summed E-state index contributed by atoms with van der Waals surface area (Å²) < 4.78 is 10.6. The van der Waals surface area contributed by atoms with Gasteiger partial charge in [-0.15, -0.1) is 11.3 Å². The summed E-state index contributed by atoms with van der Waals surface area (Å²) in [5.74, 6) is -1.17. The standard InChI is InChI=1S/C22H25ClN2O5S/c1-4-15(30-21(27)14-7-6-10-24-18(14)23)19(26)25-20-17(22(28)29-5-2)13-9-8-12(3)11-16(13)31-20/h6-7,10,12,15H,4-5,8-9,11H2,1-3H3,(H,25,26). The molecule has 2 aromatic rings. The Kier molecular flexibility index (Phi) is 7.67. The Hall–Kier alpha value is -2.45. The number of hydrogen-bond acceptors (Lipinski definition) is 7. The molecule has 166 valence electrons. The minimum Gasteiger partial charge on any atom is -0.462 e. The molecule has 2 aromatic heterocycles. The molecule has 9 heteroatoms. The maximum atomic E-state index is 12.9. The summed E-state index contributed by atoms with van der Waals surface area (Å²) in [5, 5.41) is 3.25. The van der Waals surface area contributed by atoms with Gasteiger partial charge in [-0.3, -0.25) is 4.79 Å². The number of ether oxygens (including phenoxy) is 2. The van der Waals surface area contributed by atoms with Crippen molar-refractivity contribution < 1.29 is 23.9 Å². The van der Waals surface area contributed by atoms with Gasteiger partial charge in [-0.05, 0) is 56.2 Å². The average Bonchev–Trinajstić information content (AvgIpc) is 3.08. The highest BCUT2D eigenvalue weighted by Crippen LogP contribution is 2.40. The maximum Gasteiger partial charge on any atom is 0.342 e. The Balaban J connectivity index is 1.81. The van der Waals surface area contributed by atoms with Crippen LogP contribution in [-0.2, 0) is 27.1 Å². The first-order chi connectivity index (χ1) is 14.8. The Labute approximate surface area is 190 Å². The van der Waals surface area contributed by atoms with Crippen molar-refractivity contribution >= 4 is 45.8 Å². The predicted molar refractivity (Wildman–Crippen MR) is 119 cm³/mol. The molecule has 7 nitrogen and oxygen atoms in total. The van der Waals surface area contributed by atoms with E-state index in [0.717, 1.165) is 29.7 Å². The van der Waals surface area contributed by atoms with E-state index in [1.54, 1.807) is 19.9 Å². The fraction of sp³-hybridized carbons (Fsp3) is 0.455. The summed E-state index contributed by atoms with van der Waals surface area (Å²) >= 11 is 7.34. The molecule has 0 radical (unpaired) electrons. The van der Waals surface area contributed by atoms with E-state index >= 15 is 0 Å². The smallest absolute Gasteiger partial charge is 0.342 e. The van der Waals surface area contributed by atoms with Crippen LogP contribution in [0.4, 0.5) is 5.00 Å². The van der Waals surface area contributed by atoms with E-state index in [-0.39, 0.29) is 23.7 Å². The number of hydrogen-bond donors (Lipinski definition) is 1. The quantitative estimate of drug-likeness (QED) is 0.472. The fourth-order valence-electron chi connectivity index (χ4n) is 3.50. The zero-order valence-corrected chi connectivity index (χ0v) is 19.3. The topological polar surface area (TPSA) is 94.6 Å². The number of carbonyl (C=O) groups is 3. The van der Waals surface area contributed by atoms with Crippen LogP contribution in [0.2, 0.25) is 5.15 Å². The molecule has 0 saturated heterocycles. The van der Waals surface area contributed by atoms with Crippen molar-refractivity contribution in [1.29, 1.82) is 0 Å². The minimum absolute atomic E-state index is 0.00686. The zero-order chi connectivity index (χ0) is 22.5. The van der Waals surface area contributed by atoms with Crippen LogP contribution in [0.1, 0.15) is 64.8 Å². The van der Waals surface area contributed by atoms with Gasteiger partial charge in [0.15, 0.2) is 6.10 Å². The lowest BCUT2D eigenvalue weighted by molar-refractivity contribution is -0.124. The van der Waals surface area contributed by atoms with E-state index in [0.29, 0.717) is 16.5 Å². The molecule has 0 bridgehead atoms. The molecule has 0 aromatic carbocycles. The molecule has 0 fully saturated rings. The Morgan fingerprint density at radius 3 is 2.77 bits per heavy atom. The highest BCUT2D eigenvalue weighted by atomic mass is 35.5. The molecule has 31 heavy (non-hydrogen) atoms. The largest absolute Gasteiger partial charge is 0.462 e. The van der Waals surface area contributed by atoms with Crippen molar-refractivity contribution in [2.24, 2.45) is 5.92 Å². The number of carbonyl (C=O) groups excluding carboxylic acids is 3. The molecule has 1 aliphatic rings. The van der Waals surface area contributed by atoms with Gasteiger partial charge in [-0.25, -0.2) is 14.6 Å². The van der Waals surface area contributed by atoms with Crippen molar-refractivity contribution in [1.82, 2.24) is 4.98 Å². The highest BCUT2D eigenvalue weighted by molar-refractivity contribution is 7.17. The third kappa shape index (κ3) is 5.25. The van der Waals surface area contributed by atoms with Crippen LogP contribution in [0.3, 0.4) is 0 Å². The minimum atomic E-state index is -1.04. The van der Waals surface area contributed by atoms with Crippen molar-refractivity contribution in [3.05, 3.63) is 45.1 Å². The lowest BCUT2D eigenvalue weighted by Crippen LogP contribution is -2.32. The summed E-state index contributed by atoms with van der Waals surface area (Å²) in [6, 6.07) is 3.04. The van der Waals surface area contributed by atoms with Gasteiger partial charge < -0.3 is 14.8 Å². The Morgan fingerprint density at radius 1 is 1.32 bits per heavy atom. The molecule has 0 spiro atoms. The van der Waals surface area contributed by atoms with E-state index in [2.05, 4.69) is 17.2 Å². The molecule has 2 unspecified atom stereocenters. The van der Waals surface area contributed by atoms with Gasteiger partial charge in [0.1, 0.15) is 10.2 Å². The highest BCUT2D eigenvalue weighted by Gasteiger charge is 2.31. The molecule has 0 saturated carbocycles. The van der Waals surface area contributed by atoms with Gasteiger partial charge in [-0.2, -0.15) is 0 Å². The summed E-state index contributed by atoms with van der Waals surface area (Å²) in [7, 11) is 0. The molecular formula is C22H25ClN2O5S. The average molecular weight is 465 g/mol. The van der Waals surface area contributed by atoms with Crippen LogP contribution < -0.4 is 5.32 Å². The number of amides is 1. The lowest BCUT2D eigenvalue weighted by Gasteiger charge is -2.18. The number of nitrogens with zero attached hydrogens (tertiary/aromatic N) is 1. The maximum absolute atomic E-state index is 12.9. The van der Waals surface area contributed by atoms with E-state index in [4.69, 9.17) is 21.1 Å². The van der Waals surface area contributed by atoms with E-state index < -0.39 is 23.9 Å². The van der Waals surface area contributed by atoms with Crippen LogP contribution in [-0.4, -0.2) is 35.5 Å². The summed E-state index contributed by atoms with van der Waals surface area (Å²) in [4.78, 5) is 42.9. The molecule has 2 atom stereocenters. The number of esters is 2. The van der Waals surface area contributed by atoms with E-state index in [9.17, 15) is 14.4 Å². The number of fused-ring (bicyclic) bond motifs is 1. The summed E-state index contributed by atoms with van der Waals surface area (Å²) in [6.45, 7) is 5.89. The van der Waals surface area contributed by atoms with Crippen molar-refractivity contribution in [2.45, 2.75) is 52.6 Å². The van der Waals surface area contributed by atoms with E-state index in [1.807, 2.05) is 0 Å². The lowest BCUT2D eigenvalue weighted by atomic mass is 9.88. The predicted octanol–water partition coefficient (Wildman–Crippen LogP) is 4.67. The van der Waals surface area contributed by atoms with Gasteiger partial charge in [0.05, 0.1) is 17.7 Å². The molecule has 2 heterocycles. The first kappa shape index (κ1) is 23.2.